The number of hydrogen-bond acceptors (Lipinski definition) is 5. The van der Waals surface area contributed by atoms with Gasteiger partial charge in [0.15, 0.2) is 0 Å². The smallest absolute Gasteiger partial charge is 0.269 e. The highest BCUT2D eigenvalue weighted by Crippen LogP contribution is 2.30. The van der Waals surface area contributed by atoms with Gasteiger partial charge in [0.2, 0.25) is 11.8 Å². The number of halogens is 1. The average molecular weight is 582 g/mol. The second-order valence-corrected chi connectivity index (χ2v) is 12.1. The first kappa shape index (κ1) is 29.3. The third-order valence-electron chi connectivity index (χ3n) is 6.95. The number of nitrogens with zero attached hydrogens (tertiary/aromatic N) is 2. The van der Waals surface area contributed by atoms with Gasteiger partial charge in [0, 0.05) is 37.0 Å². The highest BCUT2D eigenvalue weighted by Gasteiger charge is 2.41. The number of rotatable bonds is 11. The van der Waals surface area contributed by atoms with Gasteiger partial charge in [-0.1, -0.05) is 73.1 Å². The number of fused-ring (bicyclic) bond motifs is 1. The van der Waals surface area contributed by atoms with E-state index in [9.17, 15) is 22.8 Å². The van der Waals surface area contributed by atoms with Gasteiger partial charge in [0.25, 0.3) is 15.9 Å². The predicted molar refractivity (Wildman–Crippen MR) is 153 cm³/mol. The van der Waals surface area contributed by atoms with Gasteiger partial charge < -0.3 is 10.2 Å². The minimum Gasteiger partial charge on any atom is -0.352 e. The molecule has 1 aliphatic rings. The molecule has 210 valence electrons. The van der Waals surface area contributed by atoms with Crippen molar-refractivity contribution in [1.82, 2.24) is 14.5 Å². The van der Waals surface area contributed by atoms with E-state index in [-0.39, 0.29) is 48.3 Å². The van der Waals surface area contributed by atoms with E-state index in [2.05, 4.69) is 5.32 Å². The number of carbonyl (C=O) groups excluding carboxylic acids is 3. The molecule has 1 aliphatic heterocycles. The molecule has 3 aromatic rings. The molecule has 3 amide bonds. The van der Waals surface area contributed by atoms with Crippen molar-refractivity contribution in [2.75, 3.05) is 6.54 Å². The second-order valence-electron chi connectivity index (χ2n) is 9.80. The van der Waals surface area contributed by atoms with E-state index in [1.54, 1.807) is 30.3 Å². The normalized spacial score (nSPS) is 15.3. The van der Waals surface area contributed by atoms with Crippen molar-refractivity contribution in [2.24, 2.45) is 0 Å². The van der Waals surface area contributed by atoms with Crippen molar-refractivity contribution in [3.63, 3.8) is 0 Å². The second kappa shape index (κ2) is 12.7. The maximum atomic E-state index is 13.9. The Hall–Kier alpha value is -3.69. The molecule has 0 fully saturated rings. The highest BCUT2D eigenvalue weighted by atomic mass is 35.5. The van der Waals surface area contributed by atoms with Crippen LogP contribution in [0.2, 0.25) is 5.02 Å². The van der Waals surface area contributed by atoms with E-state index >= 15 is 0 Å². The van der Waals surface area contributed by atoms with Crippen LogP contribution in [0, 0.1) is 0 Å². The van der Waals surface area contributed by atoms with Gasteiger partial charge in [-0.25, -0.2) is 12.7 Å². The lowest BCUT2D eigenvalue weighted by Gasteiger charge is -2.32. The molecule has 1 heterocycles. The van der Waals surface area contributed by atoms with Gasteiger partial charge in [0.05, 0.1) is 5.56 Å². The maximum Gasteiger partial charge on any atom is 0.269 e. The summed E-state index contributed by atoms with van der Waals surface area (Å²) in [4.78, 5) is 41.7. The molecular weight excluding hydrogens is 550 g/mol. The van der Waals surface area contributed by atoms with Crippen molar-refractivity contribution in [2.45, 2.75) is 56.6 Å². The minimum absolute atomic E-state index is 0.0712. The quantitative estimate of drug-likeness (QED) is 0.361. The molecule has 0 aliphatic carbocycles. The molecule has 0 radical (unpaired) electrons. The number of nitrogens with one attached hydrogen (secondary N) is 1. The summed E-state index contributed by atoms with van der Waals surface area (Å²) in [6.07, 6.45) is 0.671. The molecule has 4 rings (SSSR count). The summed E-state index contributed by atoms with van der Waals surface area (Å²) in [6.45, 7) is 3.58. The fraction of sp³-hybridized carbons (Fsp3) is 0.300. The van der Waals surface area contributed by atoms with Crippen LogP contribution >= 0.6 is 11.6 Å². The lowest BCUT2D eigenvalue weighted by molar-refractivity contribution is -0.141. The number of amides is 3. The molecule has 2 atom stereocenters. The molecule has 10 heteroatoms. The molecule has 40 heavy (non-hydrogen) atoms. The standard InChI is InChI=1S/C30H32ClN3O5S/c1-3-21(2)32-29(36)26(19-22-10-5-4-6-11-22)33(20-23-12-9-13-24(31)18-23)28(35)16-17-34-30(37)25-14-7-8-15-27(25)40(34,38)39/h4-15,18,21,26H,3,16-17,19-20H2,1-2H3,(H,32,36)/t21-,26-/m1/s1. The lowest BCUT2D eigenvalue weighted by Crippen LogP contribution is -2.52. The SMILES string of the molecule is CC[C@@H](C)NC(=O)[C@@H](Cc1ccccc1)N(Cc1cccc(Cl)c1)C(=O)CCN1C(=O)c2ccccc2S1(=O)=O. The van der Waals surface area contributed by atoms with Crippen molar-refractivity contribution >= 4 is 39.3 Å². The van der Waals surface area contributed by atoms with Gasteiger partial charge in [-0.15, -0.1) is 0 Å². The topological polar surface area (TPSA) is 104 Å². The molecule has 0 unspecified atom stereocenters. The van der Waals surface area contributed by atoms with Crippen LogP contribution in [0.1, 0.15) is 48.2 Å². The Morgan fingerprint density at radius 3 is 2.33 bits per heavy atom. The third-order valence-corrected chi connectivity index (χ3v) is 9.03. The Kier molecular flexibility index (Phi) is 9.27. The molecule has 0 bridgehead atoms. The third kappa shape index (κ3) is 6.54. The summed E-state index contributed by atoms with van der Waals surface area (Å²) in [5.41, 5.74) is 1.66. The van der Waals surface area contributed by atoms with E-state index < -0.39 is 27.9 Å². The largest absolute Gasteiger partial charge is 0.352 e. The van der Waals surface area contributed by atoms with Gasteiger partial charge >= 0.3 is 0 Å². The van der Waals surface area contributed by atoms with E-state index in [0.717, 1.165) is 9.87 Å². The van der Waals surface area contributed by atoms with Crippen molar-refractivity contribution in [3.8, 4) is 0 Å². The summed E-state index contributed by atoms with van der Waals surface area (Å²) < 4.78 is 26.8. The number of carbonyl (C=O) groups is 3. The van der Waals surface area contributed by atoms with Gasteiger partial charge in [-0.3, -0.25) is 14.4 Å². The van der Waals surface area contributed by atoms with Crippen LogP contribution in [0.4, 0.5) is 0 Å². The van der Waals surface area contributed by atoms with Crippen molar-refractivity contribution in [1.29, 1.82) is 0 Å². The molecule has 0 saturated carbocycles. The monoisotopic (exact) mass is 581 g/mol. The summed E-state index contributed by atoms with van der Waals surface area (Å²) in [6, 6.07) is 21.4. The number of benzene rings is 3. The first-order valence-electron chi connectivity index (χ1n) is 13.2. The lowest BCUT2D eigenvalue weighted by atomic mass is 10.0. The van der Waals surface area contributed by atoms with Crippen molar-refractivity contribution in [3.05, 3.63) is 101 Å². The van der Waals surface area contributed by atoms with E-state index in [0.29, 0.717) is 17.0 Å². The van der Waals surface area contributed by atoms with Gasteiger partial charge in [-0.05, 0) is 48.7 Å². The van der Waals surface area contributed by atoms with Crippen LogP contribution in [-0.2, 0) is 32.6 Å². The minimum atomic E-state index is -4.07. The van der Waals surface area contributed by atoms with Gasteiger partial charge in [-0.2, -0.15) is 0 Å². The van der Waals surface area contributed by atoms with Crippen LogP contribution in [0.25, 0.3) is 0 Å². The highest BCUT2D eigenvalue weighted by molar-refractivity contribution is 7.90. The zero-order valence-electron chi connectivity index (χ0n) is 22.4. The molecule has 0 saturated heterocycles. The van der Waals surface area contributed by atoms with Crippen LogP contribution in [-0.4, -0.2) is 54.0 Å². The zero-order chi connectivity index (χ0) is 28.9. The first-order chi connectivity index (χ1) is 19.1. The summed E-state index contributed by atoms with van der Waals surface area (Å²) in [5.74, 6) is -1.44. The number of hydrogen-bond donors (Lipinski definition) is 1. The Labute approximate surface area is 240 Å². The Morgan fingerprint density at radius 2 is 1.65 bits per heavy atom. The number of sulfonamides is 1. The van der Waals surface area contributed by atoms with Crippen LogP contribution in [0.15, 0.2) is 83.8 Å². The Morgan fingerprint density at radius 1 is 0.975 bits per heavy atom. The molecule has 0 aromatic heterocycles. The first-order valence-corrected chi connectivity index (χ1v) is 15.0. The molecule has 3 aromatic carbocycles. The summed E-state index contributed by atoms with van der Waals surface area (Å²) in [5, 5.41) is 3.48. The summed E-state index contributed by atoms with van der Waals surface area (Å²) in [7, 11) is -4.07. The Bertz CT molecular complexity index is 1500. The molecule has 0 spiro atoms. The van der Waals surface area contributed by atoms with Crippen LogP contribution < -0.4 is 5.32 Å². The zero-order valence-corrected chi connectivity index (χ0v) is 24.0. The van der Waals surface area contributed by atoms with Gasteiger partial charge in [0.1, 0.15) is 10.9 Å². The van der Waals surface area contributed by atoms with Crippen LogP contribution in [0.5, 0.6) is 0 Å². The molecule has 1 N–H and O–H groups in total. The van der Waals surface area contributed by atoms with E-state index in [1.807, 2.05) is 50.2 Å². The maximum absolute atomic E-state index is 13.9. The Balaban J connectivity index is 1.64. The molecular formula is C30H32ClN3O5S. The fourth-order valence-corrected chi connectivity index (χ4v) is 6.40. The fourth-order valence-electron chi connectivity index (χ4n) is 4.62. The van der Waals surface area contributed by atoms with E-state index in [4.69, 9.17) is 11.6 Å². The van der Waals surface area contributed by atoms with Crippen LogP contribution in [0.3, 0.4) is 0 Å². The summed E-state index contributed by atoms with van der Waals surface area (Å²) >= 11 is 6.21. The molecule has 8 nitrogen and oxygen atoms in total. The average Bonchev–Trinajstić information content (AvgIpc) is 3.14. The predicted octanol–water partition coefficient (Wildman–Crippen LogP) is 4.43. The van der Waals surface area contributed by atoms with Crippen molar-refractivity contribution < 1.29 is 22.8 Å². The van der Waals surface area contributed by atoms with E-state index in [1.165, 1.54) is 17.0 Å².